The van der Waals surface area contributed by atoms with Gasteiger partial charge in [0.2, 0.25) is 5.91 Å². The molecule has 8 heteroatoms. The van der Waals surface area contributed by atoms with Crippen LogP contribution in [-0.2, 0) is 29.0 Å². The summed E-state index contributed by atoms with van der Waals surface area (Å²) < 4.78 is 11.3. The van der Waals surface area contributed by atoms with E-state index in [-0.39, 0.29) is 25.9 Å². The fourth-order valence-electron chi connectivity index (χ4n) is 4.88. The molecule has 0 bridgehead atoms. The molecule has 0 saturated carbocycles. The number of amides is 2. The average Bonchev–Trinajstić information content (AvgIpc) is 3.39. The van der Waals surface area contributed by atoms with Crippen molar-refractivity contribution in [2.45, 2.75) is 45.2 Å². The largest absolute Gasteiger partial charge is 0.496 e. The Hall–Kier alpha value is -4.77. The molecule has 0 fully saturated rings. The smallest absolute Gasteiger partial charge is 0.258 e. The van der Waals surface area contributed by atoms with Gasteiger partial charge in [0, 0.05) is 50.5 Å². The molecule has 2 N–H and O–H groups in total. The summed E-state index contributed by atoms with van der Waals surface area (Å²) in [6.07, 6.45) is 4.65. The summed E-state index contributed by atoms with van der Waals surface area (Å²) >= 11 is 0. The van der Waals surface area contributed by atoms with E-state index in [2.05, 4.69) is 16.4 Å². The number of nitriles is 1. The van der Waals surface area contributed by atoms with Gasteiger partial charge in [0.1, 0.15) is 11.5 Å². The molecule has 0 aliphatic heterocycles. The molecule has 0 aliphatic rings. The van der Waals surface area contributed by atoms with Crippen LogP contribution in [0.15, 0.2) is 79.0 Å². The standard InChI is InChI=1S/C33H36N4O4.H2/c1-24(38)37(21-26-10-3-6-13-32(26)40-2)22-28(19-27-20-35-31-12-5-4-11-30(27)31)36-33(39)23-41-29-16-14-25(15-17-29)9-7-8-18-34;/h3-6,10-17,20,28,35H,7-9,19,21-23H2,1-2H3,(H,36,39);1H. The molecule has 4 rings (SSSR count). The van der Waals surface area contributed by atoms with Crippen molar-refractivity contribution in [2.75, 3.05) is 20.3 Å². The zero-order valence-electron chi connectivity index (χ0n) is 23.6. The molecular weight excluding hydrogens is 516 g/mol. The number of hydrogen-bond donors (Lipinski definition) is 2. The SMILES string of the molecule is COc1ccccc1CN(CC(Cc1c[nH]c2ccccc12)NC(=O)COc1ccc(CCCC#N)cc1)C(C)=O.[HH]. The minimum Gasteiger partial charge on any atom is -0.496 e. The Bertz CT molecular complexity index is 1500. The second kappa shape index (κ2) is 14.6. The van der Waals surface area contributed by atoms with Crippen LogP contribution in [0.3, 0.4) is 0 Å². The van der Waals surface area contributed by atoms with Crippen LogP contribution in [0, 0.1) is 11.3 Å². The van der Waals surface area contributed by atoms with Crippen molar-refractivity contribution in [3.63, 3.8) is 0 Å². The van der Waals surface area contributed by atoms with E-state index in [9.17, 15) is 9.59 Å². The number of carbonyl (C=O) groups is 2. The van der Waals surface area contributed by atoms with E-state index in [0.29, 0.717) is 37.4 Å². The van der Waals surface area contributed by atoms with Crippen molar-refractivity contribution in [3.8, 4) is 17.6 Å². The summed E-state index contributed by atoms with van der Waals surface area (Å²) in [5, 5.41) is 12.9. The molecule has 0 aliphatic carbocycles. The maximum absolute atomic E-state index is 13.1. The quantitative estimate of drug-likeness (QED) is 0.202. The lowest BCUT2D eigenvalue weighted by molar-refractivity contribution is -0.131. The predicted octanol–water partition coefficient (Wildman–Crippen LogP) is 5.42. The van der Waals surface area contributed by atoms with E-state index in [4.69, 9.17) is 14.7 Å². The van der Waals surface area contributed by atoms with Gasteiger partial charge in [-0.1, -0.05) is 48.5 Å². The molecule has 0 saturated heterocycles. The Morgan fingerprint density at radius 3 is 2.56 bits per heavy atom. The number of aromatic nitrogens is 1. The number of methoxy groups -OCH3 is 1. The van der Waals surface area contributed by atoms with Gasteiger partial charge >= 0.3 is 0 Å². The first-order chi connectivity index (χ1) is 20.0. The van der Waals surface area contributed by atoms with Gasteiger partial charge < -0.3 is 24.7 Å². The van der Waals surface area contributed by atoms with Crippen LogP contribution in [-0.4, -0.2) is 48.0 Å². The van der Waals surface area contributed by atoms with Gasteiger partial charge in [0.05, 0.1) is 19.2 Å². The Labute approximate surface area is 242 Å². The van der Waals surface area contributed by atoms with Crippen molar-refractivity contribution in [3.05, 3.63) is 95.7 Å². The molecule has 2 amide bonds. The highest BCUT2D eigenvalue weighted by atomic mass is 16.5. The summed E-state index contributed by atoms with van der Waals surface area (Å²) in [4.78, 5) is 30.8. The molecule has 1 unspecified atom stereocenters. The Morgan fingerprint density at radius 2 is 1.80 bits per heavy atom. The molecule has 3 aromatic carbocycles. The highest BCUT2D eigenvalue weighted by Crippen LogP contribution is 2.22. The number of para-hydroxylation sites is 2. The van der Waals surface area contributed by atoms with Crippen LogP contribution in [0.1, 0.15) is 37.9 Å². The van der Waals surface area contributed by atoms with Crippen LogP contribution < -0.4 is 14.8 Å². The summed E-state index contributed by atoms with van der Waals surface area (Å²) in [5.74, 6) is 0.938. The fraction of sp³-hybridized carbons (Fsp3) is 0.303. The van der Waals surface area contributed by atoms with Gasteiger partial charge in [-0.25, -0.2) is 0 Å². The second-order valence-electron chi connectivity index (χ2n) is 9.98. The molecule has 1 aromatic heterocycles. The zero-order valence-corrected chi connectivity index (χ0v) is 23.6. The van der Waals surface area contributed by atoms with Crippen molar-refractivity contribution < 1.29 is 20.5 Å². The van der Waals surface area contributed by atoms with E-state index < -0.39 is 0 Å². The number of aromatic amines is 1. The molecule has 0 spiro atoms. The third-order valence-corrected chi connectivity index (χ3v) is 6.99. The molecule has 4 aromatic rings. The number of nitrogens with zero attached hydrogens (tertiary/aromatic N) is 2. The zero-order chi connectivity index (χ0) is 29.0. The molecule has 1 atom stereocenters. The van der Waals surface area contributed by atoms with Crippen LogP contribution in [0.2, 0.25) is 0 Å². The summed E-state index contributed by atoms with van der Waals surface area (Å²) in [6.45, 7) is 2.06. The van der Waals surface area contributed by atoms with Crippen molar-refractivity contribution in [1.82, 2.24) is 15.2 Å². The lowest BCUT2D eigenvalue weighted by atomic mass is 10.0. The van der Waals surface area contributed by atoms with Crippen LogP contribution in [0.4, 0.5) is 0 Å². The maximum Gasteiger partial charge on any atom is 0.258 e. The fourth-order valence-corrected chi connectivity index (χ4v) is 4.88. The highest BCUT2D eigenvalue weighted by molar-refractivity contribution is 5.83. The normalized spacial score (nSPS) is 11.4. The number of aryl methyl sites for hydroxylation is 1. The molecule has 0 radical (unpaired) electrons. The highest BCUT2D eigenvalue weighted by Gasteiger charge is 2.22. The number of carbonyl (C=O) groups excluding carboxylic acids is 2. The topological polar surface area (TPSA) is 107 Å². The number of hydrogen-bond acceptors (Lipinski definition) is 5. The molecule has 41 heavy (non-hydrogen) atoms. The minimum atomic E-state index is -0.355. The first-order valence-corrected chi connectivity index (χ1v) is 13.8. The van der Waals surface area contributed by atoms with E-state index in [0.717, 1.165) is 40.4 Å². The average molecular weight is 555 g/mol. The maximum atomic E-state index is 13.1. The van der Waals surface area contributed by atoms with E-state index in [1.165, 1.54) is 6.92 Å². The predicted molar refractivity (Wildman–Crippen MR) is 161 cm³/mol. The molecular formula is C33H38N4O4. The lowest BCUT2D eigenvalue weighted by Crippen LogP contribution is -2.47. The monoisotopic (exact) mass is 554 g/mol. The van der Waals surface area contributed by atoms with Crippen molar-refractivity contribution >= 4 is 22.7 Å². The van der Waals surface area contributed by atoms with Crippen LogP contribution in [0.25, 0.3) is 10.9 Å². The Balaban J connectivity index is 0.00000484. The number of nitrogens with one attached hydrogen (secondary N) is 2. The number of H-pyrrole nitrogens is 1. The minimum absolute atomic E-state index is 0. The van der Waals surface area contributed by atoms with E-state index in [1.54, 1.807) is 12.0 Å². The first kappa shape index (κ1) is 29.2. The van der Waals surface area contributed by atoms with Crippen LogP contribution in [0.5, 0.6) is 11.5 Å². The number of rotatable bonds is 14. The summed E-state index contributed by atoms with van der Waals surface area (Å²) in [5.41, 5.74) is 4.08. The Morgan fingerprint density at radius 1 is 1.05 bits per heavy atom. The second-order valence-corrected chi connectivity index (χ2v) is 9.98. The third kappa shape index (κ3) is 8.36. The van der Waals surface area contributed by atoms with Crippen LogP contribution >= 0.6 is 0 Å². The van der Waals surface area contributed by atoms with E-state index in [1.807, 2.05) is 79.0 Å². The molecule has 214 valence electrons. The lowest BCUT2D eigenvalue weighted by Gasteiger charge is -2.28. The van der Waals surface area contributed by atoms with Crippen molar-refractivity contribution in [2.24, 2.45) is 0 Å². The van der Waals surface area contributed by atoms with Gasteiger partial charge in [0.15, 0.2) is 6.61 Å². The van der Waals surface area contributed by atoms with Gasteiger partial charge in [-0.05, 0) is 54.7 Å². The van der Waals surface area contributed by atoms with E-state index >= 15 is 0 Å². The third-order valence-electron chi connectivity index (χ3n) is 6.99. The summed E-state index contributed by atoms with van der Waals surface area (Å²) in [6, 6.07) is 25.0. The molecule has 8 nitrogen and oxygen atoms in total. The number of unbranched alkanes of at least 4 members (excludes halogenated alkanes) is 1. The molecule has 1 heterocycles. The van der Waals surface area contributed by atoms with Gasteiger partial charge in [-0.15, -0.1) is 0 Å². The van der Waals surface area contributed by atoms with Gasteiger partial charge in [-0.3, -0.25) is 9.59 Å². The van der Waals surface area contributed by atoms with Crippen molar-refractivity contribution in [1.29, 1.82) is 5.26 Å². The Kier molecular flexibility index (Phi) is 10.4. The number of fused-ring (bicyclic) bond motifs is 1. The first-order valence-electron chi connectivity index (χ1n) is 13.8. The van der Waals surface area contributed by atoms with Gasteiger partial charge in [-0.2, -0.15) is 5.26 Å². The van der Waals surface area contributed by atoms with Gasteiger partial charge in [0.25, 0.3) is 5.91 Å². The summed E-state index contributed by atoms with van der Waals surface area (Å²) in [7, 11) is 1.61. The number of benzene rings is 3. The number of ether oxygens (including phenoxy) is 2.